The molecular formula is C24H28F6N4O2S. The summed E-state index contributed by atoms with van der Waals surface area (Å²) < 4.78 is 79.2. The van der Waals surface area contributed by atoms with Crippen LogP contribution in [0.2, 0.25) is 0 Å². The summed E-state index contributed by atoms with van der Waals surface area (Å²) in [4.78, 5) is 32.1. The van der Waals surface area contributed by atoms with Gasteiger partial charge in [-0.15, -0.1) is 0 Å². The van der Waals surface area contributed by atoms with Crippen LogP contribution in [0.3, 0.4) is 0 Å². The van der Waals surface area contributed by atoms with Crippen molar-refractivity contribution in [3.63, 3.8) is 0 Å². The standard InChI is InChI=1S/C24H28F6N4O2S/c1-4-18(21(35)33(2)3)31-20-19(37-22(36)32-20)11-14-7-9-34(10-8-14)13-15-5-6-16(23(25,26)27)12-17(15)24(28,29)30/h5-6,11-12,14,18H,4,7-10,13H2,1-3H3,(H,31,32,36)/t18-/m0/s1. The van der Waals surface area contributed by atoms with E-state index in [1.807, 2.05) is 13.0 Å². The third-order valence-electron chi connectivity index (χ3n) is 6.25. The maximum Gasteiger partial charge on any atom is 0.416 e. The second-order valence-electron chi connectivity index (χ2n) is 9.18. The number of thioether (sulfide) groups is 1. The van der Waals surface area contributed by atoms with Crippen molar-refractivity contribution in [1.82, 2.24) is 15.1 Å². The van der Waals surface area contributed by atoms with E-state index in [0.717, 1.165) is 17.8 Å². The number of allylic oxidation sites excluding steroid dienone is 1. The van der Waals surface area contributed by atoms with Crippen LogP contribution in [0.5, 0.6) is 0 Å². The van der Waals surface area contributed by atoms with Crippen LogP contribution in [-0.4, -0.2) is 60.0 Å². The molecule has 3 rings (SSSR count). The predicted molar refractivity (Wildman–Crippen MR) is 129 cm³/mol. The zero-order valence-electron chi connectivity index (χ0n) is 20.5. The van der Waals surface area contributed by atoms with Crippen LogP contribution < -0.4 is 5.32 Å². The Kier molecular flexibility index (Phi) is 8.99. The van der Waals surface area contributed by atoms with Gasteiger partial charge in [-0.1, -0.05) is 19.1 Å². The Labute approximate surface area is 215 Å². The fourth-order valence-electron chi connectivity index (χ4n) is 4.23. The number of amides is 2. The van der Waals surface area contributed by atoms with Gasteiger partial charge in [-0.25, -0.2) is 0 Å². The van der Waals surface area contributed by atoms with E-state index in [0.29, 0.717) is 49.2 Å². The van der Waals surface area contributed by atoms with Crippen LogP contribution in [0.4, 0.5) is 31.1 Å². The molecule has 0 aromatic heterocycles. The molecule has 2 heterocycles. The van der Waals surface area contributed by atoms with Gasteiger partial charge < -0.3 is 10.2 Å². The minimum Gasteiger partial charge on any atom is -0.357 e. The molecular weight excluding hydrogens is 522 g/mol. The van der Waals surface area contributed by atoms with E-state index in [9.17, 15) is 35.9 Å². The first kappa shape index (κ1) is 29.0. The molecule has 1 fully saturated rings. The van der Waals surface area contributed by atoms with Gasteiger partial charge in [-0.2, -0.15) is 31.3 Å². The van der Waals surface area contributed by atoms with Crippen molar-refractivity contribution in [3.8, 4) is 0 Å². The molecule has 2 aliphatic heterocycles. The molecule has 0 aliphatic carbocycles. The summed E-state index contributed by atoms with van der Waals surface area (Å²) in [5, 5.41) is 2.64. The van der Waals surface area contributed by atoms with Crippen LogP contribution in [0.15, 0.2) is 34.2 Å². The average Bonchev–Trinajstić information content (AvgIpc) is 3.15. The Bertz CT molecular complexity index is 1080. The normalized spacial score (nSPS) is 19.8. The molecule has 1 saturated heterocycles. The molecule has 0 saturated carbocycles. The van der Waals surface area contributed by atoms with Gasteiger partial charge in [0.25, 0.3) is 0 Å². The highest BCUT2D eigenvalue weighted by Crippen LogP contribution is 2.38. The molecule has 2 amide bonds. The molecule has 0 bridgehead atoms. The van der Waals surface area contributed by atoms with Crippen LogP contribution in [0, 0.1) is 5.92 Å². The number of piperidine rings is 1. The van der Waals surface area contributed by atoms with Gasteiger partial charge in [-0.3, -0.25) is 14.5 Å². The summed E-state index contributed by atoms with van der Waals surface area (Å²) in [5.74, 6) is 0.207. The molecule has 2 aliphatic rings. The van der Waals surface area contributed by atoms with E-state index in [2.05, 4.69) is 10.3 Å². The van der Waals surface area contributed by atoms with Crippen LogP contribution in [-0.2, 0) is 23.7 Å². The number of aliphatic imine (C=N–C) groups is 1. The van der Waals surface area contributed by atoms with Crippen molar-refractivity contribution in [2.24, 2.45) is 10.9 Å². The zero-order chi connectivity index (χ0) is 27.5. The maximum absolute atomic E-state index is 13.5. The number of hydrogen-bond acceptors (Lipinski definition) is 5. The number of nitrogens with one attached hydrogen (secondary N) is 1. The summed E-state index contributed by atoms with van der Waals surface area (Å²) in [6.45, 7) is 2.58. The van der Waals surface area contributed by atoms with E-state index in [4.69, 9.17) is 0 Å². The molecule has 6 nitrogen and oxygen atoms in total. The van der Waals surface area contributed by atoms with Gasteiger partial charge in [0.05, 0.1) is 16.0 Å². The molecule has 1 aromatic rings. The minimum atomic E-state index is -4.90. The first-order chi connectivity index (χ1) is 17.2. The lowest BCUT2D eigenvalue weighted by molar-refractivity contribution is -0.143. The molecule has 37 heavy (non-hydrogen) atoms. The number of halogens is 6. The Morgan fingerprint density at radius 1 is 1.19 bits per heavy atom. The van der Waals surface area contributed by atoms with E-state index >= 15 is 0 Å². The second-order valence-corrected chi connectivity index (χ2v) is 10.2. The molecule has 1 atom stereocenters. The van der Waals surface area contributed by atoms with E-state index in [-0.39, 0.29) is 30.0 Å². The molecule has 1 N–H and O–H groups in total. The Hall–Kier alpha value is -2.54. The molecule has 1 aromatic carbocycles. The van der Waals surface area contributed by atoms with Crippen LogP contribution in [0.25, 0.3) is 0 Å². The topological polar surface area (TPSA) is 65.0 Å². The van der Waals surface area contributed by atoms with Crippen molar-refractivity contribution in [1.29, 1.82) is 0 Å². The fourth-order valence-corrected chi connectivity index (χ4v) is 5.02. The van der Waals surface area contributed by atoms with Crippen molar-refractivity contribution >= 4 is 28.7 Å². The average molecular weight is 551 g/mol. The highest BCUT2D eigenvalue weighted by molar-refractivity contribution is 8.18. The summed E-state index contributed by atoms with van der Waals surface area (Å²) >= 11 is 0.952. The van der Waals surface area contributed by atoms with Gasteiger partial charge in [0.1, 0.15) is 11.9 Å². The number of nitrogens with zero attached hydrogens (tertiary/aromatic N) is 3. The van der Waals surface area contributed by atoms with E-state index < -0.39 is 34.8 Å². The van der Waals surface area contributed by atoms with Gasteiger partial charge in [0, 0.05) is 20.6 Å². The Morgan fingerprint density at radius 2 is 1.84 bits per heavy atom. The largest absolute Gasteiger partial charge is 0.416 e. The smallest absolute Gasteiger partial charge is 0.357 e. The third-order valence-corrected chi connectivity index (χ3v) is 7.06. The SMILES string of the molecule is CC[C@H](NC1=NC(=O)SC1=CC1CCN(Cc2ccc(C(F)(F)F)cc2C(F)(F)F)CC1)C(=O)N(C)C. The predicted octanol–water partition coefficient (Wildman–Crippen LogP) is 5.54. The lowest BCUT2D eigenvalue weighted by Gasteiger charge is -2.31. The summed E-state index contributed by atoms with van der Waals surface area (Å²) in [6, 6.07) is 1.19. The van der Waals surface area contributed by atoms with Crippen molar-refractivity contribution < 1.29 is 35.9 Å². The first-order valence-corrected chi connectivity index (χ1v) is 12.5. The molecule has 0 unspecified atom stereocenters. The van der Waals surface area contributed by atoms with Crippen molar-refractivity contribution in [3.05, 3.63) is 45.9 Å². The first-order valence-electron chi connectivity index (χ1n) is 11.7. The lowest BCUT2D eigenvalue weighted by Crippen LogP contribution is -2.45. The number of alkyl halides is 6. The molecule has 204 valence electrons. The van der Waals surface area contributed by atoms with Gasteiger partial charge in [0.15, 0.2) is 0 Å². The summed E-state index contributed by atoms with van der Waals surface area (Å²) in [6.07, 6.45) is -6.21. The number of carbonyl (C=O) groups is 2. The zero-order valence-corrected chi connectivity index (χ0v) is 21.4. The van der Waals surface area contributed by atoms with Gasteiger partial charge in [-0.05, 0) is 67.7 Å². The number of rotatable bonds is 6. The third kappa shape index (κ3) is 7.50. The quantitative estimate of drug-likeness (QED) is 0.471. The van der Waals surface area contributed by atoms with E-state index in [1.54, 1.807) is 19.0 Å². The minimum absolute atomic E-state index is 0.0240. The second kappa shape index (κ2) is 11.5. The number of benzene rings is 1. The van der Waals surface area contributed by atoms with Crippen molar-refractivity contribution in [2.75, 3.05) is 27.2 Å². The Morgan fingerprint density at radius 3 is 2.38 bits per heavy atom. The highest BCUT2D eigenvalue weighted by atomic mass is 32.2. The number of amidine groups is 1. The van der Waals surface area contributed by atoms with Crippen LogP contribution >= 0.6 is 11.8 Å². The molecule has 0 spiro atoms. The summed E-state index contributed by atoms with van der Waals surface area (Å²) in [5.41, 5.74) is -2.82. The monoisotopic (exact) mass is 550 g/mol. The highest BCUT2D eigenvalue weighted by Gasteiger charge is 2.38. The van der Waals surface area contributed by atoms with Crippen LogP contribution in [0.1, 0.15) is 42.9 Å². The van der Waals surface area contributed by atoms with Crippen molar-refractivity contribution in [2.45, 2.75) is 51.1 Å². The molecule has 13 heteroatoms. The summed E-state index contributed by atoms with van der Waals surface area (Å²) in [7, 11) is 3.27. The molecule has 0 radical (unpaired) electrons. The Balaban J connectivity index is 1.66. The number of likely N-dealkylation sites (N-methyl/N-ethyl adjacent to an activating group) is 1. The number of hydrogen-bond donors (Lipinski definition) is 1. The van der Waals surface area contributed by atoms with E-state index in [1.165, 1.54) is 4.90 Å². The lowest BCUT2D eigenvalue weighted by atomic mass is 9.95. The number of carbonyl (C=O) groups excluding carboxylic acids is 2. The maximum atomic E-state index is 13.5. The van der Waals surface area contributed by atoms with Gasteiger partial charge in [0.2, 0.25) is 5.91 Å². The fraction of sp³-hybridized carbons (Fsp3) is 0.542. The van der Waals surface area contributed by atoms with Gasteiger partial charge >= 0.3 is 17.6 Å². The number of likely N-dealkylation sites (tertiary alicyclic amines) is 1.